The number of esters is 1. The minimum absolute atomic E-state index is 0.194. The van der Waals surface area contributed by atoms with Crippen molar-refractivity contribution in [2.45, 2.75) is 19.9 Å². The van der Waals surface area contributed by atoms with Gasteiger partial charge in [-0.3, -0.25) is 0 Å². The maximum atomic E-state index is 12.4. The van der Waals surface area contributed by atoms with Crippen molar-refractivity contribution in [1.29, 1.82) is 0 Å². The molecule has 0 radical (unpaired) electrons. The molecule has 0 N–H and O–H groups in total. The molecule has 1 unspecified atom stereocenters. The van der Waals surface area contributed by atoms with Crippen LogP contribution in [0.2, 0.25) is 0 Å². The fraction of sp³-hybridized carbons (Fsp3) is 0.375. The van der Waals surface area contributed by atoms with E-state index in [1.54, 1.807) is 0 Å². The summed E-state index contributed by atoms with van der Waals surface area (Å²) < 4.78 is 10.8. The van der Waals surface area contributed by atoms with Crippen LogP contribution in [0.5, 0.6) is 0 Å². The first-order chi connectivity index (χ1) is 10.2. The van der Waals surface area contributed by atoms with Crippen molar-refractivity contribution in [3.05, 3.63) is 47.2 Å². The minimum Gasteiger partial charge on any atom is -0.463 e. The Labute approximate surface area is 123 Å². The van der Waals surface area contributed by atoms with Gasteiger partial charge in [-0.2, -0.15) is 0 Å². The summed E-state index contributed by atoms with van der Waals surface area (Å²) in [5.41, 5.74) is 2.30. The van der Waals surface area contributed by atoms with Crippen LogP contribution in [0.4, 0.5) is 0 Å². The van der Waals surface area contributed by atoms with Crippen molar-refractivity contribution in [2.24, 2.45) is 4.99 Å². The molecule has 0 saturated carbocycles. The maximum Gasteiger partial charge on any atom is 0.338 e. The molecule has 21 heavy (non-hydrogen) atoms. The van der Waals surface area contributed by atoms with Crippen molar-refractivity contribution in [3.8, 4) is 0 Å². The molecule has 2 heterocycles. The van der Waals surface area contributed by atoms with Crippen LogP contribution in [-0.2, 0) is 14.3 Å². The number of aliphatic imine (C=N–C) groups is 1. The van der Waals surface area contributed by atoms with Crippen molar-refractivity contribution in [2.75, 3.05) is 19.8 Å². The van der Waals surface area contributed by atoms with Gasteiger partial charge in [-0.1, -0.05) is 30.3 Å². The number of hydrogen-bond acceptors (Lipinski definition) is 5. The summed E-state index contributed by atoms with van der Waals surface area (Å²) in [5.74, 6) is -0.307. The Kier molecular flexibility index (Phi) is 3.64. The molecule has 2 aliphatic rings. The molecule has 2 aliphatic heterocycles. The smallest absolute Gasteiger partial charge is 0.338 e. The average Bonchev–Trinajstić information content (AvgIpc) is 2.94. The van der Waals surface area contributed by atoms with Gasteiger partial charge in [0.2, 0.25) is 0 Å². The molecular formula is C16H18N2O3. The Morgan fingerprint density at radius 2 is 2.19 bits per heavy atom. The summed E-state index contributed by atoms with van der Waals surface area (Å²) in [6, 6.07) is 10.3. The van der Waals surface area contributed by atoms with Gasteiger partial charge in [0.15, 0.2) is 0 Å². The van der Waals surface area contributed by atoms with Crippen LogP contribution in [0.3, 0.4) is 0 Å². The molecule has 1 fully saturated rings. The van der Waals surface area contributed by atoms with Crippen LogP contribution in [-0.4, -0.2) is 36.6 Å². The van der Waals surface area contributed by atoms with Crippen molar-refractivity contribution < 1.29 is 14.3 Å². The molecule has 1 aromatic rings. The zero-order valence-electron chi connectivity index (χ0n) is 12.2. The highest BCUT2D eigenvalue weighted by Crippen LogP contribution is 2.37. The monoisotopic (exact) mass is 286 g/mol. The zero-order chi connectivity index (χ0) is 14.8. The second-order valence-corrected chi connectivity index (χ2v) is 4.97. The van der Waals surface area contributed by atoms with Gasteiger partial charge in [-0.05, 0) is 19.4 Å². The topological polar surface area (TPSA) is 51.1 Å². The fourth-order valence-electron chi connectivity index (χ4n) is 2.76. The first-order valence-electron chi connectivity index (χ1n) is 7.13. The number of carbonyl (C=O) groups is 1. The van der Waals surface area contributed by atoms with Crippen LogP contribution < -0.4 is 0 Å². The van der Waals surface area contributed by atoms with Crippen LogP contribution in [0.15, 0.2) is 46.6 Å². The summed E-state index contributed by atoms with van der Waals surface area (Å²) in [7, 11) is 0. The minimum atomic E-state index is -0.307. The molecule has 0 spiro atoms. The van der Waals surface area contributed by atoms with Gasteiger partial charge >= 0.3 is 5.97 Å². The lowest BCUT2D eigenvalue weighted by Gasteiger charge is -2.32. The molecule has 0 bridgehead atoms. The molecule has 3 rings (SSSR count). The number of fused-ring (bicyclic) bond motifs is 1. The standard InChI is InChI=1S/C16H18N2O3/c1-3-20-15(19)13-11(2)17-16-18(9-10-21-16)14(13)12-7-5-4-6-8-12/h4-8,14H,3,9-10H2,1-2H3. The molecule has 0 aromatic heterocycles. The molecular weight excluding hydrogens is 268 g/mol. The van der Waals surface area contributed by atoms with Gasteiger partial charge < -0.3 is 14.4 Å². The third-order valence-corrected chi connectivity index (χ3v) is 3.66. The van der Waals surface area contributed by atoms with E-state index in [2.05, 4.69) is 4.99 Å². The molecule has 0 aliphatic carbocycles. The number of nitrogens with zero attached hydrogens (tertiary/aromatic N) is 2. The van der Waals surface area contributed by atoms with Crippen LogP contribution in [0.25, 0.3) is 0 Å². The summed E-state index contributed by atoms with van der Waals surface area (Å²) in [6.07, 6.45) is 0. The summed E-state index contributed by atoms with van der Waals surface area (Å²) >= 11 is 0. The fourth-order valence-corrected chi connectivity index (χ4v) is 2.76. The number of benzene rings is 1. The lowest BCUT2D eigenvalue weighted by atomic mass is 9.94. The molecule has 5 nitrogen and oxygen atoms in total. The molecule has 1 aromatic carbocycles. The van der Waals surface area contributed by atoms with E-state index in [1.165, 1.54) is 0 Å². The molecule has 5 heteroatoms. The van der Waals surface area contributed by atoms with E-state index in [-0.39, 0.29) is 12.0 Å². The number of carbonyl (C=O) groups excluding carboxylic acids is 1. The lowest BCUT2D eigenvalue weighted by Crippen LogP contribution is -2.37. The van der Waals surface area contributed by atoms with Crippen molar-refractivity contribution >= 4 is 12.0 Å². The van der Waals surface area contributed by atoms with Gasteiger partial charge in [0.25, 0.3) is 6.02 Å². The zero-order valence-corrected chi connectivity index (χ0v) is 12.2. The molecule has 1 atom stereocenters. The number of rotatable bonds is 3. The molecule has 0 amide bonds. The van der Waals surface area contributed by atoms with Gasteiger partial charge in [-0.15, -0.1) is 0 Å². The Morgan fingerprint density at radius 3 is 2.90 bits per heavy atom. The van der Waals surface area contributed by atoms with E-state index >= 15 is 0 Å². The van der Waals surface area contributed by atoms with Crippen molar-refractivity contribution in [1.82, 2.24) is 4.90 Å². The van der Waals surface area contributed by atoms with E-state index in [0.717, 1.165) is 5.56 Å². The highest BCUT2D eigenvalue weighted by atomic mass is 16.5. The number of ether oxygens (including phenoxy) is 2. The van der Waals surface area contributed by atoms with Gasteiger partial charge in [-0.25, -0.2) is 9.79 Å². The Balaban J connectivity index is 2.08. The van der Waals surface area contributed by atoms with E-state index in [1.807, 2.05) is 49.1 Å². The van der Waals surface area contributed by atoms with Gasteiger partial charge in [0, 0.05) is 0 Å². The summed E-state index contributed by atoms with van der Waals surface area (Å²) in [5, 5.41) is 0. The van der Waals surface area contributed by atoms with E-state index in [4.69, 9.17) is 9.47 Å². The van der Waals surface area contributed by atoms with Gasteiger partial charge in [0.05, 0.1) is 30.5 Å². The van der Waals surface area contributed by atoms with Crippen LogP contribution in [0, 0.1) is 0 Å². The second-order valence-electron chi connectivity index (χ2n) is 4.97. The highest BCUT2D eigenvalue weighted by molar-refractivity contribution is 5.94. The first kappa shape index (κ1) is 13.7. The average molecular weight is 286 g/mol. The Morgan fingerprint density at radius 1 is 1.43 bits per heavy atom. The van der Waals surface area contributed by atoms with E-state index in [9.17, 15) is 4.79 Å². The normalized spacial score (nSPS) is 20.8. The number of amidine groups is 1. The Bertz CT molecular complexity index is 607. The van der Waals surface area contributed by atoms with Crippen molar-refractivity contribution in [3.63, 3.8) is 0 Å². The Hall–Kier alpha value is -2.30. The summed E-state index contributed by atoms with van der Waals surface area (Å²) in [6.45, 7) is 5.29. The van der Waals surface area contributed by atoms with Gasteiger partial charge in [0.1, 0.15) is 6.61 Å². The molecule has 1 saturated heterocycles. The third-order valence-electron chi connectivity index (χ3n) is 3.66. The predicted octanol–water partition coefficient (Wildman–Crippen LogP) is 2.27. The third kappa shape index (κ3) is 2.39. The maximum absolute atomic E-state index is 12.4. The number of hydrogen-bond donors (Lipinski definition) is 0. The second kappa shape index (κ2) is 5.60. The predicted molar refractivity (Wildman–Crippen MR) is 78.6 cm³/mol. The molecule has 110 valence electrons. The largest absolute Gasteiger partial charge is 0.463 e. The van der Waals surface area contributed by atoms with Crippen LogP contribution in [0.1, 0.15) is 25.5 Å². The summed E-state index contributed by atoms with van der Waals surface area (Å²) in [4.78, 5) is 18.8. The first-order valence-corrected chi connectivity index (χ1v) is 7.13. The quantitative estimate of drug-likeness (QED) is 0.800. The SMILES string of the molecule is CCOC(=O)C1=C(C)N=C2OCCN2C1c1ccccc1. The highest BCUT2D eigenvalue weighted by Gasteiger charge is 2.39. The lowest BCUT2D eigenvalue weighted by molar-refractivity contribution is -0.139. The van der Waals surface area contributed by atoms with Crippen LogP contribution >= 0.6 is 0 Å². The van der Waals surface area contributed by atoms with E-state index < -0.39 is 0 Å². The van der Waals surface area contributed by atoms with E-state index in [0.29, 0.717) is 37.1 Å². The number of allylic oxidation sites excluding steroid dienone is 1.